The largest absolute Gasteiger partial charge is 0.380 e. The molecular formula is C16H36N2O2. The fraction of sp³-hybridized carbons (Fsp3) is 1.00. The molecule has 122 valence electrons. The molecule has 0 aliphatic carbocycles. The summed E-state index contributed by atoms with van der Waals surface area (Å²) >= 11 is 0. The average Bonchev–Trinajstić information content (AvgIpc) is 2.39. The number of ether oxygens (including phenoxy) is 2. The molecule has 0 bridgehead atoms. The second-order valence-electron chi connectivity index (χ2n) is 5.76. The highest BCUT2D eigenvalue weighted by Crippen LogP contribution is 2.23. The summed E-state index contributed by atoms with van der Waals surface area (Å²) < 4.78 is 11.0. The van der Waals surface area contributed by atoms with E-state index < -0.39 is 0 Å². The molecule has 0 rings (SSSR count). The first-order chi connectivity index (χ1) is 9.61. The van der Waals surface area contributed by atoms with Crippen LogP contribution in [0.3, 0.4) is 0 Å². The third kappa shape index (κ3) is 9.70. The maximum Gasteiger partial charge on any atom is 0.0593 e. The van der Waals surface area contributed by atoms with Gasteiger partial charge in [-0.15, -0.1) is 0 Å². The predicted molar refractivity (Wildman–Crippen MR) is 86.4 cm³/mol. The molecule has 0 amide bonds. The van der Waals surface area contributed by atoms with Gasteiger partial charge >= 0.3 is 0 Å². The lowest BCUT2D eigenvalue weighted by Gasteiger charge is -2.35. The summed E-state index contributed by atoms with van der Waals surface area (Å²) in [6, 6.07) is 0. The molecule has 0 heterocycles. The zero-order valence-corrected chi connectivity index (χ0v) is 14.3. The zero-order valence-electron chi connectivity index (χ0n) is 14.3. The Morgan fingerprint density at radius 1 is 1.00 bits per heavy atom. The van der Waals surface area contributed by atoms with Crippen molar-refractivity contribution in [1.82, 2.24) is 10.2 Å². The van der Waals surface area contributed by atoms with Crippen molar-refractivity contribution in [2.45, 2.75) is 40.5 Å². The van der Waals surface area contributed by atoms with Gasteiger partial charge in [0.25, 0.3) is 0 Å². The van der Waals surface area contributed by atoms with Crippen LogP contribution in [0.4, 0.5) is 0 Å². The van der Waals surface area contributed by atoms with Crippen LogP contribution in [0.5, 0.6) is 0 Å². The second kappa shape index (κ2) is 12.6. The van der Waals surface area contributed by atoms with Crippen LogP contribution >= 0.6 is 0 Å². The number of rotatable bonds is 14. The third-order valence-electron chi connectivity index (χ3n) is 3.57. The lowest BCUT2D eigenvalue weighted by atomic mass is 9.85. The fourth-order valence-electron chi connectivity index (χ4n) is 2.74. The van der Waals surface area contributed by atoms with Gasteiger partial charge in [-0.3, -0.25) is 4.90 Å². The van der Waals surface area contributed by atoms with Gasteiger partial charge in [0.05, 0.1) is 13.2 Å². The van der Waals surface area contributed by atoms with E-state index in [-0.39, 0.29) is 0 Å². The molecular weight excluding hydrogens is 252 g/mol. The average molecular weight is 288 g/mol. The number of hydrogen-bond acceptors (Lipinski definition) is 4. The molecule has 0 aromatic rings. The highest BCUT2D eigenvalue weighted by atomic mass is 16.5. The van der Waals surface area contributed by atoms with Crippen molar-refractivity contribution >= 4 is 0 Å². The number of nitrogens with one attached hydrogen (secondary N) is 1. The van der Waals surface area contributed by atoms with E-state index in [1.165, 1.54) is 12.8 Å². The summed E-state index contributed by atoms with van der Waals surface area (Å²) in [4.78, 5) is 2.48. The molecule has 0 saturated carbocycles. The molecule has 0 aliphatic heterocycles. The Hall–Kier alpha value is -0.160. The van der Waals surface area contributed by atoms with E-state index in [2.05, 4.69) is 24.1 Å². The molecule has 0 spiro atoms. The summed E-state index contributed by atoms with van der Waals surface area (Å²) in [7, 11) is 2.04. The van der Waals surface area contributed by atoms with Crippen LogP contribution < -0.4 is 5.32 Å². The maximum atomic E-state index is 5.51. The molecule has 4 nitrogen and oxygen atoms in total. The minimum atomic E-state index is 0.321. The molecule has 20 heavy (non-hydrogen) atoms. The van der Waals surface area contributed by atoms with Crippen LogP contribution in [0, 0.1) is 5.41 Å². The first-order valence-electron chi connectivity index (χ1n) is 8.14. The van der Waals surface area contributed by atoms with Crippen molar-refractivity contribution in [3.05, 3.63) is 0 Å². The zero-order chi connectivity index (χ0) is 15.3. The van der Waals surface area contributed by atoms with Crippen molar-refractivity contribution in [3.63, 3.8) is 0 Å². The van der Waals surface area contributed by atoms with Gasteiger partial charge < -0.3 is 14.8 Å². The summed E-state index contributed by atoms with van der Waals surface area (Å²) in [6.45, 7) is 16.1. The molecule has 0 aliphatic rings. The van der Waals surface area contributed by atoms with E-state index >= 15 is 0 Å². The van der Waals surface area contributed by atoms with Gasteiger partial charge in [0, 0.05) is 39.4 Å². The molecule has 0 saturated heterocycles. The second-order valence-corrected chi connectivity index (χ2v) is 5.76. The monoisotopic (exact) mass is 288 g/mol. The van der Waals surface area contributed by atoms with Crippen LogP contribution in [0.2, 0.25) is 0 Å². The Morgan fingerprint density at radius 2 is 1.55 bits per heavy atom. The van der Waals surface area contributed by atoms with Crippen molar-refractivity contribution in [3.8, 4) is 0 Å². The molecule has 4 heteroatoms. The lowest BCUT2D eigenvalue weighted by Crippen LogP contribution is -2.44. The van der Waals surface area contributed by atoms with Gasteiger partial charge in [-0.2, -0.15) is 0 Å². The van der Waals surface area contributed by atoms with Crippen molar-refractivity contribution in [2.24, 2.45) is 5.41 Å². The normalized spacial score (nSPS) is 14.7. The molecule has 1 N–H and O–H groups in total. The Bertz CT molecular complexity index is 197. The van der Waals surface area contributed by atoms with E-state index in [1.54, 1.807) is 0 Å². The van der Waals surface area contributed by atoms with Crippen LogP contribution in [0.15, 0.2) is 0 Å². The lowest BCUT2D eigenvalue weighted by molar-refractivity contribution is 0.0598. The summed E-state index contributed by atoms with van der Waals surface area (Å²) in [6.07, 6.45) is 2.47. The fourth-order valence-corrected chi connectivity index (χ4v) is 2.74. The topological polar surface area (TPSA) is 33.7 Å². The summed E-state index contributed by atoms with van der Waals surface area (Å²) in [5.74, 6) is 0. The quantitative estimate of drug-likeness (QED) is 0.498. The van der Waals surface area contributed by atoms with E-state index in [1.807, 2.05) is 20.9 Å². The van der Waals surface area contributed by atoms with Crippen LogP contribution in [0.25, 0.3) is 0 Å². The molecule has 1 atom stereocenters. The minimum Gasteiger partial charge on any atom is -0.380 e. The van der Waals surface area contributed by atoms with E-state index in [0.29, 0.717) is 5.41 Å². The predicted octanol–water partition coefficient (Wildman–Crippen LogP) is 2.39. The molecule has 1 unspecified atom stereocenters. The van der Waals surface area contributed by atoms with Crippen molar-refractivity contribution in [1.29, 1.82) is 0 Å². The Labute approximate surface area is 126 Å². The highest BCUT2D eigenvalue weighted by Gasteiger charge is 2.25. The van der Waals surface area contributed by atoms with Crippen LogP contribution in [0.1, 0.15) is 40.5 Å². The SMILES string of the molecule is CCCC(C)(CNC)CN(CCOCC)CCOCC. The van der Waals surface area contributed by atoms with Gasteiger partial charge in [0.2, 0.25) is 0 Å². The van der Waals surface area contributed by atoms with E-state index in [0.717, 1.165) is 52.6 Å². The van der Waals surface area contributed by atoms with Crippen molar-refractivity contribution in [2.75, 3.05) is 59.7 Å². The van der Waals surface area contributed by atoms with E-state index in [4.69, 9.17) is 9.47 Å². The smallest absolute Gasteiger partial charge is 0.0593 e. The Kier molecular flexibility index (Phi) is 12.5. The van der Waals surface area contributed by atoms with Gasteiger partial charge in [-0.25, -0.2) is 0 Å². The van der Waals surface area contributed by atoms with Gasteiger partial charge in [0.15, 0.2) is 0 Å². The van der Waals surface area contributed by atoms with Crippen LogP contribution in [-0.2, 0) is 9.47 Å². The third-order valence-corrected chi connectivity index (χ3v) is 3.57. The van der Waals surface area contributed by atoms with Gasteiger partial charge in [0.1, 0.15) is 0 Å². The number of hydrogen-bond donors (Lipinski definition) is 1. The molecule has 0 radical (unpaired) electrons. The standard InChI is InChI=1S/C16H36N2O2/c1-6-9-16(4,14-17-5)15-18(10-12-19-7-2)11-13-20-8-3/h17H,6-15H2,1-5H3. The minimum absolute atomic E-state index is 0.321. The number of nitrogens with zero attached hydrogens (tertiary/aromatic N) is 1. The summed E-state index contributed by atoms with van der Waals surface area (Å²) in [5, 5.41) is 3.34. The van der Waals surface area contributed by atoms with Crippen LogP contribution in [-0.4, -0.2) is 64.6 Å². The first kappa shape index (κ1) is 19.8. The van der Waals surface area contributed by atoms with E-state index in [9.17, 15) is 0 Å². The van der Waals surface area contributed by atoms with Gasteiger partial charge in [-0.1, -0.05) is 20.3 Å². The summed E-state index contributed by atoms with van der Waals surface area (Å²) in [5.41, 5.74) is 0.321. The molecule has 0 fully saturated rings. The maximum absolute atomic E-state index is 5.51. The molecule has 0 aromatic carbocycles. The highest BCUT2D eigenvalue weighted by molar-refractivity contribution is 4.80. The Morgan fingerprint density at radius 3 is 1.95 bits per heavy atom. The van der Waals surface area contributed by atoms with Crippen molar-refractivity contribution < 1.29 is 9.47 Å². The van der Waals surface area contributed by atoms with Gasteiger partial charge in [-0.05, 0) is 32.7 Å². The Balaban J connectivity index is 4.38. The first-order valence-corrected chi connectivity index (χ1v) is 8.14. The molecule has 0 aromatic heterocycles.